The van der Waals surface area contributed by atoms with Gasteiger partial charge in [0.15, 0.2) is 11.5 Å². The van der Waals surface area contributed by atoms with Gasteiger partial charge >= 0.3 is 0 Å². The van der Waals surface area contributed by atoms with E-state index in [0.29, 0.717) is 23.6 Å². The number of carbonyl (C=O) groups excluding carboxylic acids is 2. The zero-order valence-electron chi connectivity index (χ0n) is 19.2. The quantitative estimate of drug-likeness (QED) is 0.370. The first-order valence-corrected chi connectivity index (χ1v) is 10.2. The Morgan fingerprint density at radius 2 is 1.64 bits per heavy atom. The number of likely N-dealkylation sites (N-methyl/N-ethyl adjacent to an activating group) is 1. The molecule has 1 heterocycles. The molecular weight excluding hydrogens is 431 g/mol. The van der Waals surface area contributed by atoms with Crippen molar-refractivity contribution in [3.05, 3.63) is 58.9 Å². The summed E-state index contributed by atoms with van der Waals surface area (Å²) in [4.78, 5) is 29.4. The molecule has 2 aromatic rings. The number of Topliss-reactive ketones (excluding diaryl/α,β-unsaturated/α-hetero) is 1. The minimum atomic E-state index is -0.919. The number of rotatable bonds is 8. The van der Waals surface area contributed by atoms with Crippen molar-refractivity contribution in [3.8, 4) is 17.2 Å². The van der Waals surface area contributed by atoms with Gasteiger partial charge in [0.1, 0.15) is 17.3 Å². The topological polar surface area (TPSA) is 88.5 Å². The summed E-state index contributed by atoms with van der Waals surface area (Å²) >= 11 is 0. The van der Waals surface area contributed by atoms with Crippen LogP contribution in [0, 0.1) is 5.82 Å². The maximum Gasteiger partial charge on any atom is 0.295 e. The van der Waals surface area contributed by atoms with Crippen molar-refractivity contribution in [2.45, 2.75) is 6.04 Å². The van der Waals surface area contributed by atoms with Crippen LogP contribution in [0.4, 0.5) is 4.39 Å². The molecule has 1 atom stereocenters. The number of benzene rings is 2. The van der Waals surface area contributed by atoms with Crippen LogP contribution in [0.2, 0.25) is 0 Å². The summed E-state index contributed by atoms with van der Waals surface area (Å²) in [6.45, 7) is 0.716. The molecule has 33 heavy (non-hydrogen) atoms. The van der Waals surface area contributed by atoms with E-state index < -0.39 is 29.3 Å². The first kappa shape index (κ1) is 24.1. The lowest BCUT2D eigenvalue weighted by atomic mass is 9.94. The molecule has 9 heteroatoms. The lowest BCUT2D eigenvalue weighted by Gasteiger charge is -2.27. The molecule has 1 aliphatic heterocycles. The standard InChI is InChI=1S/C24H27FN2O6/c1-26(2)10-11-27-21(14-6-8-18(32-4)19(12-14)33-5)20(23(29)24(27)30)22(28)16-13-15(25)7-9-17(16)31-3/h6-9,12-13,21,28H,10-11H2,1-5H3/b22-20+. The summed E-state index contributed by atoms with van der Waals surface area (Å²) in [5.74, 6) is -1.72. The van der Waals surface area contributed by atoms with Crippen LogP contribution in [0.3, 0.4) is 0 Å². The summed E-state index contributed by atoms with van der Waals surface area (Å²) in [6, 6.07) is 7.66. The van der Waals surface area contributed by atoms with Gasteiger partial charge in [-0.15, -0.1) is 0 Å². The zero-order valence-corrected chi connectivity index (χ0v) is 19.2. The van der Waals surface area contributed by atoms with E-state index in [2.05, 4.69) is 0 Å². The van der Waals surface area contributed by atoms with Crippen molar-refractivity contribution in [1.82, 2.24) is 9.80 Å². The van der Waals surface area contributed by atoms with E-state index in [1.165, 1.54) is 38.4 Å². The molecule has 0 spiro atoms. The average Bonchev–Trinajstić information content (AvgIpc) is 3.06. The van der Waals surface area contributed by atoms with Crippen LogP contribution in [0.5, 0.6) is 17.2 Å². The Morgan fingerprint density at radius 1 is 1.00 bits per heavy atom. The number of ketones is 1. The molecule has 1 amide bonds. The lowest BCUT2D eigenvalue weighted by Crippen LogP contribution is -2.35. The van der Waals surface area contributed by atoms with Crippen LogP contribution in [0.1, 0.15) is 17.2 Å². The summed E-state index contributed by atoms with van der Waals surface area (Å²) in [5, 5.41) is 11.2. The maximum atomic E-state index is 14.0. The number of ether oxygens (including phenoxy) is 3. The van der Waals surface area contributed by atoms with Gasteiger partial charge < -0.3 is 29.1 Å². The Bertz CT molecular complexity index is 1100. The first-order valence-electron chi connectivity index (χ1n) is 10.2. The molecule has 0 aliphatic carbocycles. The van der Waals surface area contributed by atoms with Gasteiger partial charge in [0.2, 0.25) is 0 Å². The molecule has 0 aromatic heterocycles. The van der Waals surface area contributed by atoms with Crippen molar-refractivity contribution in [3.63, 3.8) is 0 Å². The van der Waals surface area contributed by atoms with Crippen LogP contribution < -0.4 is 14.2 Å². The third-order valence-corrected chi connectivity index (χ3v) is 5.47. The summed E-state index contributed by atoms with van der Waals surface area (Å²) in [5.41, 5.74) is 0.353. The Kier molecular flexibility index (Phi) is 7.23. The Morgan fingerprint density at radius 3 is 2.24 bits per heavy atom. The average molecular weight is 458 g/mol. The van der Waals surface area contributed by atoms with Crippen molar-refractivity contribution >= 4 is 17.4 Å². The monoisotopic (exact) mass is 458 g/mol. The van der Waals surface area contributed by atoms with Gasteiger partial charge in [-0.05, 0) is 50.0 Å². The number of hydrogen-bond donors (Lipinski definition) is 1. The molecular formula is C24H27FN2O6. The van der Waals surface area contributed by atoms with Gasteiger partial charge in [-0.25, -0.2) is 4.39 Å². The Balaban J connectivity index is 2.25. The molecule has 2 aromatic carbocycles. The van der Waals surface area contributed by atoms with Gasteiger partial charge in [0, 0.05) is 13.1 Å². The third kappa shape index (κ3) is 4.63. The number of aliphatic hydroxyl groups is 1. The van der Waals surface area contributed by atoms with E-state index in [1.54, 1.807) is 18.2 Å². The molecule has 0 radical (unpaired) electrons. The fraction of sp³-hybridized carbons (Fsp3) is 0.333. The second-order valence-electron chi connectivity index (χ2n) is 7.75. The largest absolute Gasteiger partial charge is 0.507 e. The fourth-order valence-electron chi connectivity index (χ4n) is 3.80. The van der Waals surface area contributed by atoms with Crippen LogP contribution in [-0.2, 0) is 9.59 Å². The molecule has 1 aliphatic rings. The molecule has 8 nitrogen and oxygen atoms in total. The zero-order chi connectivity index (χ0) is 24.3. The highest BCUT2D eigenvalue weighted by atomic mass is 19.1. The summed E-state index contributed by atoms with van der Waals surface area (Å²) in [7, 11) is 8.03. The molecule has 1 N–H and O–H groups in total. The van der Waals surface area contributed by atoms with Crippen LogP contribution >= 0.6 is 0 Å². The van der Waals surface area contributed by atoms with Crippen LogP contribution in [0.15, 0.2) is 42.0 Å². The van der Waals surface area contributed by atoms with Crippen molar-refractivity contribution < 1.29 is 33.3 Å². The molecule has 3 rings (SSSR count). The number of halogens is 1. The van der Waals surface area contributed by atoms with Gasteiger partial charge in [-0.3, -0.25) is 9.59 Å². The second-order valence-corrected chi connectivity index (χ2v) is 7.75. The first-order chi connectivity index (χ1) is 15.7. The predicted octanol–water partition coefficient (Wildman–Crippen LogP) is 2.83. The number of carbonyl (C=O) groups is 2. The van der Waals surface area contributed by atoms with Gasteiger partial charge in [-0.1, -0.05) is 6.07 Å². The second kappa shape index (κ2) is 9.91. The smallest absolute Gasteiger partial charge is 0.295 e. The van der Waals surface area contributed by atoms with Crippen LogP contribution in [0.25, 0.3) is 5.76 Å². The number of methoxy groups -OCH3 is 3. The highest BCUT2D eigenvalue weighted by molar-refractivity contribution is 6.46. The minimum Gasteiger partial charge on any atom is -0.507 e. The minimum absolute atomic E-state index is 0.0198. The SMILES string of the molecule is COc1ccc(C2/C(=C(\O)c3cc(F)ccc3OC)C(=O)C(=O)N2CCN(C)C)cc1OC. The highest BCUT2D eigenvalue weighted by Crippen LogP contribution is 2.43. The van der Waals surface area contributed by atoms with Gasteiger partial charge in [0.25, 0.3) is 11.7 Å². The van der Waals surface area contributed by atoms with E-state index in [-0.39, 0.29) is 23.4 Å². The van der Waals surface area contributed by atoms with Gasteiger partial charge in [-0.2, -0.15) is 0 Å². The van der Waals surface area contributed by atoms with E-state index in [0.717, 1.165) is 6.07 Å². The maximum absolute atomic E-state index is 14.0. The predicted molar refractivity (Wildman–Crippen MR) is 120 cm³/mol. The van der Waals surface area contributed by atoms with E-state index >= 15 is 0 Å². The Labute approximate surface area is 191 Å². The molecule has 1 saturated heterocycles. The number of hydrogen-bond acceptors (Lipinski definition) is 7. The number of amides is 1. The van der Waals surface area contributed by atoms with Crippen LogP contribution in [-0.4, -0.2) is 75.1 Å². The van der Waals surface area contributed by atoms with E-state index in [1.807, 2.05) is 19.0 Å². The molecule has 0 saturated carbocycles. The number of nitrogens with zero attached hydrogens (tertiary/aromatic N) is 2. The summed E-state index contributed by atoms with van der Waals surface area (Å²) in [6.07, 6.45) is 0. The van der Waals surface area contributed by atoms with Crippen molar-refractivity contribution in [1.29, 1.82) is 0 Å². The normalized spacial score (nSPS) is 17.5. The third-order valence-electron chi connectivity index (χ3n) is 5.47. The van der Waals surface area contributed by atoms with Crippen molar-refractivity contribution in [2.24, 2.45) is 0 Å². The number of likely N-dealkylation sites (tertiary alicyclic amines) is 1. The molecule has 0 bridgehead atoms. The van der Waals surface area contributed by atoms with Crippen molar-refractivity contribution in [2.75, 3.05) is 48.5 Å². The van der Waals surface area contributed by atoms with E-state index in [4.69, 9.17) is 14.2 Å². The lowest BCUT2D eigenvalue weighted by molar-refractivity contribution is -0.140. The number of aliphatic hydroxyl groups excluding tert-OH is 1. The van der Waals surface area contributed by atoms with Gasteiger partial charge in [0.05, 0.1) is 38.5 Å². The fourth-order valence-corrected chi connectivity index (χ4v) is 3.80. The molecule has 1 fully saturated rings. The molecule has 176 valence electrons. The Hall–Kier alpha value is -3.59. The highest BCUT2D eigenvalue weighted by Gasteiger charge is 2.46. The summed E-state index contributed by atoms with van der Waals surface area (Å²) < 4.78 is 29.9. The molecule has 1 unspecified atom stereocenters. The van der Waals surface area contributed by atoms with E-state index in [9.17, 15) is 19.1 Å².